The predicted molar refractivity (Wildman–Crippen MR) is 245 cm³/mol. The summed E-state index contributed by atoms with van der Waals surface area (Å²) in [4.78, 5) is 0. The number of hydrogen-bond donors (Lipinski definition) is 0. The molecule has 0 saturated carbocycles. The van der Waals surface area contributed by atoms with Crippen LogP contribution in [0.4, 0.5) is 0 Å². The van der Waals surface area contributed by atoms with Crippen LogP contribution in [0, 0.1) is 0 Å². The minimum atomic E-state index is 0. The van der Waals surface area contributed by atoms with Crippen LogP contribution in [0.2, 0.25) is 0 Å². The van der Waals surface area contributed by atoms with Crippen molar-refractivity contribution in [1.82, 2.24) is 0 Å². The van der Waals surface area contributed by atoms with Crippen LogP contribution in [0.5, 0.6) is 0 Å². The molecule has 0 fully saturated rings. The Morgan fingerprint density at radius 1 is 0.339 bits per heavy atom. The van der Waals surface area contributed by atoms with E-state index >= 15 is 0 Å². The number of rotatable bonds is 42. The topological polar surface area (TPSA) is 0 Å². The second-order valence-electron chi connectivity index (χ2n) is 17.3. The first-order valence-electron chi connectivity index (χ1n) is 23.7. The summed E-state index contributed by atoms with van der Waals surface area (Å²) in [5, 5.41) is 0. The van der Waals surface area contributed by atoms with Crippen molar-refractivity contribution in [3.05, 3.63) is 86.0 Å². The Hall–Kier alpha value is -1.32. The highest BCUT2D eigenvalue weighted by atomic mass is 35.5. The van der Waals surface area contributed by atoms with E-state index in [0.717, 1.165) is 48.2 Å². The standard InChI is InChI=1S/C52H94N2.2ClH/c1-7-13-15-17-19-21-23-25-27-29-31-33-35-37-47-53(43-9-3,44-10-4)49-51-39-41-52(42-40-51)50-54(45-11-5,46-12-6)48-38-36-34-32-30-28-26-24-22-20-18-16-14-8-2;;/h9-12,39-42H,3-8,13-38,43-50H2,1-2H3;2*1H/q+2;;/p-2. The lowest BCUT2D eigenvalue weighted by molar-refractivity contribution is -0.930. The van der Waals surface area contributed by atoms with Crippen LogP contribution in [0.1, 0.15) is 205 Å². The van der Waals surface area contributed by atoms with Crippen molar-refractivity contribution in [3.8, 4) is 0 Å². The molecule has 0 aliphatic carbocycles. The van der Waals surface area contributed by atoms with Gasteiger partial charge >= 0.3 is 0 Å². The highest BCUT2D eigenvalue weighted by Crippen LogP contribution is 2.23. The van der Waals surface area contributed by atoms with Crippen molar-refractivity contribution in [2.45, 2.75) is 207 Å². The van der Waals surface area contributed by atoms with Gasteiger partial charge in [0, 0.05) is 11.1 Å². The average Bonchev–Trinajstić information content (AvgIpc) is 3.16. The van der Waals surface area contributed by atoms with E-state index in [1.165, 1.54) is 204 Å². The van der Waals surface area contributed by atoms with Gasteiger partial charge in [0.25, 0.3) is 0 Å². The lowest BCUT2D eigenvalue weighted by Crippen LogP contribution is -3.00. The minimum Gasteiger partial charge on any atom is -1.00 e. The fourth-order valence-corrected chi connectivity index (χ4v) is 8.83. The van der Waals surface area contributed by atoms with E-state index in [0.29, 0.717) is 0 Å². The molecule has 0 aromatic heterocycles. The van der Waals surface area contributed by atoms with Gasteiger partial charge in [0.2, 0.25) is 0 Å². The third-order valence-electron chi connectivity index (χ3n) is 12.1. The summed E-state index contributed by atoms with van der Waals surface area (Å²) >= 11 is 0. The molecule has 0 unspecified atom stereocenters. The van der Waals surface area contributed by atoms with Crippen molar-refractivity contribution < 1.29 is 33.8 Å². The van der Waals surface area contributed by atoms with Gasteiger partial charge in [-0.2, -0.15) is 0 Å². The first-order valence-corrected chi connectivity index (χ1v) is 23.7. The molecular formula is C52H94Cl2N2. The van der Waals surface area contributed by atoms with Gasteiger partial charge in [-0.25, -0.2) is 0 Å². The van der Waals surface area contributed by atoms with Gasteiger partial charge in [-0.05, 0) is 50.0 Å². The largest absolute Gasteiger partial charge is 1.00 e. The van der Waals surface area contributed by atoms with E-state index in [1.807, 2.05) is 0 Å². The molecule has 0 saturated heterocycles. The molecule has 0 aliphatic rings. The summed E-state index contributed by atoms with van der Waals surface area (Å²) in [5.41, 5.74) is 2.87. The SMILES string of the molecule is C=CC[N+](CC=C)(CCCCCCCCCCCCCCCC)Cc1ccc(C[N+](CC=C)(CC=C)CCCCCCCCCCCCCCCC)cc1.[Cl-].[Cl-]. The molecule has 0 aliphatic heterocycles. The monoisotopic (exact) mass is 817 g/mol. The fraction of sp³-hybridized carbons (Fsp3) is 0.731. The molecule has 0 N–H and O–H groups in total. The summed E-state index contributed by atoms with van der Waals surface area (Å²) in [7, 11) is 0. The van der Waals surface area contributed by atoms with Crippen LogP contribution in [0.25, 0.3) is 0 Å². The minimum absolute atomic E-state index is 0. The van der Waals surface area contributed by atoms with Crippen molar-refractivity contribution in [2.24, 2.45) is 0 Å². The van der Waals surface area contributed by atoms with Gasteiger partial charge in [-0.1, -0.05) is 219 Å². The lowest BCUT2D eigenvalue weighted by atomic mass is 10.0. The average molecular weight is 818 g/mol. The first-order chi connectivity index (χ1) is 26.5. The zero-order valence-electron chi connectivity index (χ0n) is 37.6. The maximum atomic E-state index is 4.18. The molecule has 1 rings (SSSR count). The molecule has 0 atom stereocenters. The summed E-state index contributed by atoms with van der Waals surface area (Å²) in [6.07, 6.45) is 47.9. The number of quaternary nitrogens is 2. The highest BCUT2D eigenvalue weighted by molar-refractivity contribution is 5.21. The third-order valence-corrected chi connectivity index (χ3v) is 12.1. The Morgan fingerprint density at radius 2 is 0.536 bits per heavy atom. The van der Waals surface area contributed by atoms with Crippen molar-refractivity contribution in [1.29, 1.82) is 0 Å². The van der Waals surface area contributed by atoms with E-state index in [-0.39, 0.29) is 24.8 Å². The van der Waals surface area contributed by atoms with Crippen LogP contribution >= 0.6 is 0 Å². The van der Waals surface area contributed by atoms with Crippen molar-refractivity contribution in [2.75, 3.05) is 39.3 Å². The van der Waals surface area contributed by atoms with Gasteiger partial charge < -0.3 is 33.8 Å². The smallest absolute Gasteiger partial charge is 0.105 e. The molecule has 1 aromatic rings. The van der Waals surface area contributed by atoms with E-state index in [4.69, 9.17) is 0 Å². The number of hydrogen-bond acceptors (Lipinski definition) is 0. The molecule has 0 spiro atoms. The maximum Gasteiger partial charge on any atom is 0.105 e. The molecule has 0 heterocycles. The number of unbranched alkanes of at least 4 members (excludes halogenated alkanes) is 26. The summed E-state index contributed by atoms with van der Waals surface area (Å²) in [6.45, 7) is 29.8. The molecule has 0 bridgehead atoms. The van der Waals surface area contributed by atoms with Gasteiger partial charge in [0.15, 0.2) is 0 Å². The molecule has 1 aromatic carbocycles. The highest BCUT2D eigenvalue weighted by Gasteiger charge is 2.27. The molecule has 326 valence electrons. The zero-order chi connectivity index (χ0) is 39.3. The van der Waals surface area contributed by atoms with Crippen LogP contribution < -0.4 is 24.8 Å². The van der Waals surface area contributed by atoms with Crippen LogP contribution in [-0.4, -0.2) is 48.2 Å². The molecule has 4 heteroatoms. The third kappa shape index (κ3) is 29.8. The molecular weight excluding hydrogens is 723 g/mol. The summed E-state index contributed by atoms with van der Waals surface area (Å²) in [6, 6.07) is 9.62. The molecule has 0 radical (unpaired) electrons. The van der Waals surface area contributed by atoms with E-state index in [1.54, 1.807) is 0 Å². The Balaban J connectivity index is 0. The van der Waals surface area contributed by atoms with Crippen molar-refractivity contribution in [3.63, 3.8) is 0 Å². The first kappa shape index (κ1) is 56.8. The second kappa shape index (κ2) is 40.5. The zero-order valence-corrected chi connectivity index (χ0v) is 39.1. The number of nitrogens with zero attached hydrogens (tertiary/aromatic N) is 2. The van der Waals surface area contributed by atoms with Crippen LogP contribution in [0.3, 0.4) is 0 Å². The quantitative estimate of drug-likeness (QED) is 0.0350. The Kier molecular flexibility index (Phi) is 41.0. The molecule has 0 amide bonds. The summed E-state index contributed by atoms with van der Waals surface area (Å²) in [5.74, 6) is 0. The maximum absolute atomic E-state index is 4.18. The van der Waals surface area contributed by atoms with Crippen LogP contribution in [-0.2, 0) is 13.1 Å². The molecule has 2 nitrogen and oxygen atoms in total. The van der Waals surface area contributed by atoms with E-state index in [2.05, 4.69) is 88.7 Å². The Morgan fingerprint density at radius 3 is 0.732 bits per heavy atom. The normalized spacial score (nSPS) is 11.5. The number of halogens is 2. The summed E-state index contributed by atoms with van der Waals surface area (Å²) < 4.78 is 2.08. The Bertz CT molecular complexity index is 917. The van der Waals surface area contributed by atoms with Gasteiger partial charge in [0.1, 0.15) is 13.1 Å². The number of benzene rings is 1. The van der Waals surface area contributed by atoms with Crippen molar-refractivity contribution >= 4 is 0 Å². The predicted octanol–water partition coefficient (Wildman–Crippen LogP) is 10.0. The lowest BCUT2D eigenvalue weighted by Gasteiger charge is -2.38. The van der Waals surface area contributed by atoms with Crippen LogP contribution in [0.15, 0.2) is 74.9 Å². The second-order valence-corrected chi connectivity index (χ2v) is 17.3. The fourth-order valence-electron chi connectivity index (χ4n) is 8.83. The van der Waals surface area contributed by atoms with E-state index in [9.17, 15) is 0 Å². The van der Waals surface area contributed by atoms with Gasteiger partial charge in [-0.3, -0.25) is 0 Å². The van der Waals surface area contributed by atoms with Gasteiger partial charge in [0.05, 0.1) is 39.3 Å². The van der Waals surface area contributed by atoms with E-state index < -0.39 is 0 Å². The van der Waals surface area contributed by atoms with Gasteiger partial charge in [-0.15, -0.1) is 0 Å². The molecule has 56 heavy (non-hydrogen) atoms. The Labute approximate surface area is 364 Å².